The summed E-state index contributed by atoms with van der Waals surface area (Å²) in [6.45, 7) is 4.64. The number of hydrogen-bond acceptors (Lipinski definition) is 2. The molecule has 126 valence electrons. The van der Waals surface area contributed by atoms with Crippen LogP contribution in [-0.4, -0.2) is 50.1 Å². The van der Waals surface area contributed by atoms with E-state index < -0.39 is 0 Å². The fourth-order valence-corrected chi connectivity index (χ4v) is 4.61. The maximum absolute atomic E-state index is 2.53. The van der Waals surface area contributed by atoms with Crippen molar-refractivity contribution < 1.29 is 0 Å². The normalized spacial score (nSPS) is 25.4. The summed E-state index contributed by atoms with van der Waals surface area (Å²) in [5.41, 5.74) is 6.27. The maximum Gasteiger partial charge on any atom is 0.00538 e. The van der Waals surface area contributed by atoms with Gasteiger partial charge in [-0.1, -0.05) is 48.5 Å². The van der Waals surface area contributed by atoms with Gasteiger partial charge in [-0.25, -0.2) is 0 Å². The van der Waals surface area contributed by atoms with Crippen LogP contribution in [0.25, 0.3) is 0 Å². The molecule has 0 saturated carbocycles. The average molecular weight is 320 g/mol. The summed E-state index contributed by atoms with van der Waals surface area (Å²) < 4.78 is 0. The van der Waals surface area contributed by atoms with E-state index in [1.54, 1.807) is 22.3 Å². The van der Waals surface area contributed by atoms with Crippen LogP contribution in [0.4, 0.5) is 0 Å². The van der Waals surface area contributed by atoms with E-state index in [0.717, 1.165) is 26.2 Å². The van der Waals surface area contributed by atoms with Gasteiger partial charge in [-0.3, -0.25) is 0 Å². The first-order chi connectivity index (χ1) is 11.7. The second kappa shape index (κ2) is 6.70. The molecular formula is C22H28N2. The van der Waals surface area contributed by atoms with E-state index in [4.69, 9.17) is 0 Å². The first kappa shape index (κ1) is 15.9. The molecule has 2 aromatic rings. The Hall–Kier alpha value is -1.64. The fourth-order valence-electron chi connectivity index (χ4n) is 4.61. The summed E-state index contributed by atoms with van der Waals surface area (Å²) in [5, 5.41) is 0. The molecule has 2 heteroatoms. The summed E-state index contributed by atoms with van der Waals surface area (Å²) in [5.74, 6) is 1.16. The Kier molecular flexibility index (Phi) is 4.43. The molecule has 0 amide bonds. The molecule has 0 spiro atoms. The standard InChI is InChI=1S/C22H28N2/c1-23-13-11-17-7-3-5-9-19(17)21(15-23)22-16-24(2)14-12-18-8-4-6-10-20(18)22/h3-10,21-22H,11-16H2,1-2H3. The zero-order valence-corrected chi connectivity index (χ0v) is 14.9. The van der Waals surface area contributed by atoms with Crippen molar-refractivity contribution in [3.63, 3.8) is 0 Å². The van der Waals surface area contributed by atoms with Crippen LogP contribution in [-0.2, 0) is 12.8 Å². The summed E-state index contributed by atoms with van der Waals surface area (Å²) >= 11 is 0. The number of benzene rings is 2. The molecule has 2 atom stereocenters. The molecule has 0 bridgehead atoms. The molecule has 0 N–H and O–H groups in total. The number of fused-ring (bicyclic) bond motifs is 2. The summed E-state index contributed by atoms with van der Waals surface area (Å²) in [7, 11) is 4.57. The first-order valence-corrected chi connectivity index (χ1v) is 9.25. The first-order valence-electron chi connectivity index (χ1n) is 9.25. The second-order valence-corrected chi connectivity index (χ2v) is 7.64. The Bertz CT molecular complexity index is 647. The van der Waals surface area contributed by atoms with E-state index in [0.29, 0.717) is 11.8 Å². The number of rotatable bonds is 1. The molecular weight excluding hydrogens is 292 g/mol. The molecule has 24 heavy (non-hydrogen) atoms. The van der Waals surface area contributed by atoms with Crippen molar-refractivity contribution in [2.45, 2.75) is 24.7 Å². The van der Waals surface area contributed by atoms with E-state index in [1.165, 1.54) is 12.8 Å². The third kappa shape index (κ3) is 3.01. The molecule has 2 aliphatic rings. The van der Waals surface area contributed by atoms with Gasteiger partial charge in [-0.15, -0.1) is 0 Å². The lowest BCUT2D eigenvalue weighted by atomic mass is 9.78. The van der Waals surface area contributed by atoms with Crippen LogP contribution >= 0.6 is 0 Å². The van der Waals surface area contributed by atoms with E-state index in [-0.39, 0.29) is 0 Å². The Morgan fingerprint density at radius 1 is 0.667 bits per heavy atom. The van der Waals surface area contributed by atoms with Gasteiger partial charge in [0.15, 0.2) is 0 Å². The summed E-state index contributed by atoms with van der Waals surface area (Å²) in [6.07, 6.45) is 2.35. The Labute approximate surface area is 146 Å². The molecule has 2 aromatic carbocycles. The lowest BCUT2D eigenvalue weighted by Gasteiger charge is -2.32. The van der Waals surface area contributed by atoms with Gasteiger partial charge in [0.2, 0.25) is 0 Å². The monoisotopic (exact) mass is 320 g/mol. The molecule has 0 aliphatic carbocycles. The van der Waals surface area contributed by atoms with Crippen molar-refractivity contribution in [3.05, 3.63) is 70.8 Å². The van der Waals surface area contributed by atoms with Gasteiger partial charge in [0, 0.05) is 38.0 Å². The highest BCUT2D eigenvalue weighted by Gasteiger charge is 2.32. The Balaban J connectivity index is 1.81. The molecule has 0 aromatic heterocycles. The van der Waals surface area contributed by atoms with Crippen LogP contribution in [0, 0.1) is 0 Å². The van der Waals surface area contributed by atoms with Gasteiger partial charge in [-0.2, -0.15) is 0 Å². The minimum absolute atomic E-state index is 0.579. The minimum atomic E-state index is 0.579. The molecule has 0 radical (unpaired) electrons. The van der Waals surface area contributed by atoms with E-state index in [9.17, 15) is 0 Å². The van der Waals surface area contributed by atoms with Crippen LogP contribution in [0.15, 0.2) is 48.5 Å². The Morgan fingerprint density at radius 3 is 1.54 bits per heavy atom. The summed E-state index contributed by atoms with van der Waals surface area (Å²) in [6, 6.07) is 18.3. The van der Waals surface area contributed by atoms with Crippen LogP contribution < -0.4 is 0 Å². The predicted octanol–water partition coefficient (Wildman–Crippen LogP) is 3.53. The minimum Gasteiger partial charge on any atom is -0.305 e. The van der Waals surface area contributed by atoms with Crippen LogP contribution in [0.2, 0.25) is 0 Å². The van der Waals surface area contributed by atoms with Crippen LogP contribution in [0.1, 0.15) is 34.1 Å². The second-order valence-electron chi connectivity index (χ2n) is 7.64. The zero-order valence-electron chi connectivity index (χ0n) is 14.9. The van der Waals surface area contributed by atoms with Crippen molar-refractivity contribution in [3.8, 4) is 0 Å². The molecule has 2 nitrogen and oxygen atoms in total. The van der Waals surface area contributed by atoms with Crippen LogP contribution in [0.5, 0.6) is 0 Å². The maximum atomic E-state index is 2.53. The molecule has 4 rings (SSSR count). The van der Waals surface area contributed by atoms with Crippen LogP contribution in [0.3, 0.4) is 0 Å². The Morgan fingerprint density at radius 2 is 1.08 bits per heavy atom. The van der Waals surface area contributed by atoms with Gasteiger partial charge in [0.05, 0.1) is 0 Å². The largest absolute Gasteiger partial charge is 0.305 e. The molecule has 0 fully saturated rings. The van der Waals surface area contributed by atoms with Crippen molar-refractivity contribution in [1.82, 2.24) is 9.80 Å². The third-order valence-corrected chi connectivity index (χ3v) is 5.94. The van der Waals surface area contributed by atoms with Crippen molar-refractivity contribution in [2.75, 3.05) is 40.3 Å². The molecule has 2 aliphatic heterocycles. The van der Waals surface area contributed by atoms with Gasteiger partial charge < -0.3 is 9.80 Å². The smallest absolute Gasteiger partial charge is 0.00538 e. The highest BCUT2D eigenvalue weighted by atomic mass is 15.1. The average Bonchev–Trinajstić information content (AvgIpc) is 2.88. The van der Waals surface area contributed by atoms with E-state index in [1.807, 2.05) is 0 Å². The highest BCUT2D eigenvalue weighted by molar-refractivity contribution is 5.40. The zero-order chi connectivity index (χ0) is 16.5. The van der Waals surface area contributed by atoms with E-state index in [2.05, 4.69) is 72.4 Å². The third-order valence-electron chi connectivity index (χ3n) is 5.94. The van der Waals surface area contributed by atoms with Crippen molar-refractivity contribution in [2.24, 2.45) is 0 Å². The topological polar surface area (TPSA) is 6.48 Å². The molecule has 2 heterocycles. The lowest BCUT2D eigenvalue weighted by molar-refractivity contribution is 0.267. The number of hydrogen-bond donors (Lipinski definition) is 0. The van der Waals surface area contributed by atoms with Gasteiger partial charge >= 0.3 is 0 Å². The van der Waals surface area contributed by atoms with Crippen molar-refractivity contribution in [1.29, 1.82) is 0 Å². The SMILES string of the molecule is CN1CCc2ccccc2C(C2CN(C)CCc3ccccc32)C1. The van der Waals surface area contributed by atoms with E-state index >= 15 is 0 Å². The van der Waals surface area contributed by atoms with Gasteiger partial charge in [0.25, 0.3) is 0 Å². The quantitative estimate of drug-likeness (QED) is 0.793. The molecule has 0 saturated heterocycles. The molecule has 2 unspecified atom stereocenters. The predicted molar refractivity (Wildman–Crippen MR) is 101 cm³/mol. The van der Waals surface area contributed by atoms with Gasteiger partial charge in [0.1, 0.15) is 0 Å². The number of likely N-dealkylation sites (N-methyl/N-ethyl adjacent to an activating group) is 2. The summed E-state index contributed by atoms with van der Waals surface area (Å²) in [4.78, 5) is 5.05. The van der Waals surface area contributed by atoms with Gasteiger partial charge in [-0.05, 0) is 49.2 Å². The fraction of sp³-hybridized carbons (Fsp3) is 0.455. The highest BCUT2D eigenvalue weighted by Crippen LogP contribution is 2.40. The lowest BCUT2D eigenvalue weighted by Crippen LogP contribution is -2.32. The number of nitrogens with zero attached hydrogens (tertiary/aromatic N) is 2. The van der Waals surface area contributed by atoms with Crippen molar-refractivity contribution >= 4 is 0 Å².